The van der Waals surface area contributed by atoms with Crippen LogP contribution in [-0.2, 0) is 4.79 Å². The van der Waals surface area contributed by atoms with Crippen LogP contribution >= 0.6 is 0 Å². The first-order valence-corrected chi connectivity index (χ1v) is 11.4. The van der Waals surface area contributed by atoms with Crippen LogP contribution < -0.4 is 9.64 Å². The molecule has 172 valence electrons. The molecule has 7 heteroatoms. The van der Waals surface area contributed by atoms with E-state index in [1.54, 1.807) is 30.2 Å². The molecule has 0 saturated carbocycles. The molecule has 0 N–H and O–H groups in total. The lowest BCUT2D eigenvalue weighted by molar-refractivity contribution is -0.138. The van der Waals surface area contributed by atoms with Gasteiger partial charge in [-0.1, -0.05) is 24.3 Å². The Morgan fingerprint density at radius 1 is 0.912 bits per heavy atom. The van der Waals surface area contributed by atoms with E-state index < -0.39 is 6.10 Å². The predicted molar refractivity (Wildman–Crippen MR) is 130 cm³/mol. The van der Waals surface area contributed by atoms with E-state index in [1.165, 1.54) is 6.07 Å². The monoisotopic (exact) mass is 456 g/mol. The lowest BCUT2D eigenvalue weighted by Crippen LogP contribution is -2.52. The van der Waals surface area contributed by atoms with Crippen molar-refractivity contribution in [3.8, 4) is 17.0 Å². The number of fused-ring (bicyclic) bond motifs is 1. The van der Waals surface area contributed by atoms with Crippen molar-refractivity contribution in [2.45, 2.75) is 13.0 Å². The van der Waals surface area contributed by atoms with Crippen molar-refractivity contribution < 1.29 is 13.9 Å². The average Bonchev–Trinajstić information content (AvgIpc) is 2.89. The van der Waals surface area contributed by atoms with Crippen molar-refractivity contribution >= 4 is 22.6 Å². The molecular weight excluding hydrogens is 431 g/mol. The summed E-state index contributed by atoms with van der Waals surface area (Å²) in [4.78, 5) is 25.8. The molecule has 1 fully saturated rings. The maximum absolute atomic E-state index is 14.1. The number of anilines is 1. The molecule has 6 nitrogen and oxygen atoms in total. The van der Waals surface area contributed by atoms with Gasteiger partial charge in [0.25, 0.3) is 5.91 Å². The number of para-hydroxylation sites is 3. The van der Waals surface area contributed by atoms with E-state index in [0.717, 1.165) is 22.3 Å². The summed E-state index contributed by atoms with van der Waals surface area (Å²) in [7, 11) is 0. The summed E-state index contributed by atoms with van der Waals surface area (Å²) in [6, 6.07) is 22.0. The first-order valence-electron chi connectivity index (χ1n) is 11.4. The van der Waals surface area contributed by atoms with Crippen LogP contribution in [0.25, 0.3) is 22.3 Å². The van der Waals surface area contributed by atoms with E-state index >= 15 is 0 Å². The summed E-state index contributed by atoms with van der Waals surface area (Å²) in [6.07, 6.45) is 1.14. The van der Waals surface area contributed by atoms with Gasteiger partial charge in [0.1, 0.15) is 11.6 Å². The highest BCUT2D eigenvalue weighted by molar-refractivity contribution is 5.81. The summed E-state index contributed by atoms with van der Waals surface area (Å²) in [6.45, 7) is 3.98. The number of ether oxygens (including phenoxy) is 1. The van der Waals surface area contributed by atoms with Crippen LogP contribution in [0.4, 0.5) is 10.1 Å². The van der Waals surface area contributed by atoms with Crippen molar-refractivity contribution in [1.82, 2.24) is 14.9 Å². The number of benzene rings is 3. The molecule has 1 atom stereocenters. The molecule has 3 aromatic carbocycles. The Balaban J connectivity index is 1.19. The van der Waals surface area contributed by atoms with Crippen molar-refractivity contribution in [3.05, 3.63) is 84.8 Å². The van der Waals surface area contributed by atoms with Crippen LogP contribution in [0.5, 0.6) is 5.75 Å². The molecule has 1 saturated heterocycles. The third kappa shape index (κ3) is 4.55. The number of amides is 1. The van der Waals surface area contributed by atoms with Gasteiger partial charge in [-0.25, -0.2) is 9.37 Å². The number of aromatic nitrogens is 2. The van der Waals surface area contributed by atoms with Gasteiger partial charge in [0, 0.05) is 31.7 Å². The topological polar surface area (TPSA) is 58.6 Å². The molecule has 0 aliphatic carbocycles. The van der Waals surface area contributed by atoms with E-state index in [2.05, 4.69) is 9.97 Å². The highest BCUT2D eigenvalue weighted by Crippen LogP contribution is 2.24. The number of nitrogens with zero attached hydrogens (tertiary/aromatic N) is 4. The zero-order chi connectivity index (χ0) is 23.5. The van der Waals surface area contributed by atoms with Crippen LogP contribution in [0.3, 0.4) is 0 Å². The Morgan fingerprint density at radius 2 is 1.59 bits per heavy atom. The molecule has 0 spiro atoms. The predicted octanol–water partition coefficient (Wildman–Crippen LogP) is 4.55. The summed E-state index contributed by atoms with van der Waals surface area (Å²) < 4.78 is 20.0. The quantitative estimate of drug-likeness (QED) is 0.441. The molecule has 1 aromatic heterocycles. The fourth-order valence-corrected chi connectivity index (χ4v) is 4.19. The van der Waals surface area contributed by atoms with Gasteiger partial charge in [0.15, 0.2) is 6.10 Å². The number of carbonyl (C=O) groups is 1. The van der Waals surface area contributed by atoms with Crippen LogP contribution in [0.1, 0.15) is 6.92 Å². The van der Waals surface area contributed by atoms with Gasteiger partial charge in [0.2, 0.25) is 0 Å². The summed E-state index contributed by atoms with van der Waals surface area (Å²) in [5.74, 6) is 0.304. The Morgan fingerprint density at radius 3 is 2.32 bits per heavy atom. The number of carbonyl (C=O) groups excluding carboxylic acids is 1. The molecule has 34 heavy (non-hydrogen) atoms. The molecule has 4 aromatic rings. The molecule has 1 aliphatic heterocycles. The molecule has 1 amide bonds. The maximum Gasteiger partial charge on any atom is 0.263 e. The molecule has 0 radical (unpaired) electrons. The van der Waals surface area contributed by atoms with Crippen LogP contribution in [0.2, 0.25) is 0 Å². The average molecular weight is 457 g/mol. The van der Waals surface area contributed by atoms with Crippen LogP contribution in [0, 0.1) is 5.82 Å². The number of piperazine rings is 1. The fourth-order valence-electron chi connectivity index (χ4n) is 4.19. The van der Waals surface area contributed by atoms with E-state index in [0.29, 0.717) is 37.6 Å². The van der Waals surface area contributed by atoms with E-state index in [9.17, 15) is 9.18 Å². The van der Waals surface area contributed by atoms with Gasteiger partial charge in [-0.05, 0) is 55.5 Å². The van der Waals surface area contributed by atoms with Gasteiger partial charge in [0.05, 0.1) is 28.6 Å². The van der Waals surface area contributed by atoms with Gasteiger partial charge in [-0.3, -0.25) is 9.78 Å². The van der Waals surface area contributed by atoms with Crippen molar-refractivity contribution in [3.63, 3.8) is 0 Å². The minimum absolute atomic E-state index is 0.0716. The smallest absolute Gasteiger partial charge is 0.263 e. The SMILES string of the molecule is C[C@H](Oc1ccc(-c2cnc3ccccc3n2)cc1)C(=O)N1CCN(c2ccccc2F)CC1. The molecule has 0 unspecified atom stereocenters. The van der Waals surface area contributed by atoms with Gasteiger partial charge < -0.3 is 14.5 Å². The minimum Gasteiger partial charge on any atom is -0.481 e. The summed E-state index contributed by atoms with van der Waals surface area (Å²) in [5, 5.41) is 0. The van der Waals surface area contributed by atoms with E-state index in [4.69, 9.17) is 4.74 Å². The Labute approximate surface area is 197 Å². The highest BCUT2D eigenvalue weighted by Gasteiger charge is 2.27. The standard InChI is InChI=1S/C27H25FN4O2/c1-19(27(33)32-16-14-31(15-17-32)26-9-5-2-6-22(26)28)34-21-12-10-20(11-13-21)25-18-29-23-7-3-4-8-24(23)30-25/h2-13,18-19H,14-17H2,1H3/t19-/m0/s1. The first kappa shape index (κ1) is 21.8. The second-order valence-electron chi connectivity index (χ2n) is 8.29. The summed E-state index contributed by atoms with van der Waals surface area (Å²) >= 11 is 0. The first-order chi connectivity index (χ1) is 16.6. The second kappa shape index (κ2) is 9.47. The Kier molecular flexibility index (Phi) is 6.08. The molecule has 1 aliphatic rings. The third-order valence-electron chi connectivity index (χ3n) is 6.04. The van der Waals surface area contributed by atoms with E-state index in [-0.39, 0.29) is 11.7 Å². The summed E-state index contributed by atoms with van der Waals surface area (Å²) in [5.41, 5.74) is 3.98. The maximum atomic E-state index is 14.1. The second-order valence-corrected chi connectivity index (χ2v) is 8.29. The largest absolute Gasteiger partial charge is 0.481 e. The number of hydrogen-bond donors (Lipinski definition) is 0. The number of hydrogen-bond acceptors (Lipinski definition) is 5. The zero-order valence-corrected chi connectivity index (χ0v) is 18.9. The van der Waals surface area contributed by atoms with Crippen molar-refractivity contribution in [2.24, 2.45) is 0 Å². The fraction of sp³-hybridized carbons (Fsp3) is 0.222. The Hall–Kier alpha value is -4.00. The number of halogens is 1. The lowest BCUT2D eigenvalue weighted by Gasteiger charge is -2.37. The Bertz CT molecular complexity index is 1300. The zero-order valence-electron chi connectivity index (χ0n) is 18.9. The van der Waals surface area contributed by atoms with Gasteiger partial charge >= 0.3 is 0 Å². The number of rotatable bonds is 5. The molecule has 0 bridgehead atoms. The molecule has 2 heterocycles. The molecular formula is C27H25FN4O2. The van der Waals surface area contributed by atoms with Crippen molar-refractivity contribution in [1.29, 1.82) is 0 Å². The normalized spacial score (nSPS) is 14.8. The molecule has 5 rings (SSSR count). The lowest BCUT2D eigenvalue weighted by atomic mass is 10.1. The van der Waals surface area contributed by atoms with Gasteiger partial charge in [-0.15, -0.1) is 0 Å². The van der Waals surface area contributed by atoms with Crippen LogP contribution in [0.15, 0.2) is 79.0 Å². The van der Waals surface area contributed by atoms with Crippen LogP contribution in [-0.4, -0.2) is 53.1 Å². The van der Waals surface area contributed by atoms with E-state index in [1.807, 2.05) is 59.5 Å². The third-order valence-corrected chi connectivity index (χ3v) is 6.04. The van der Waals surface area contributed by atoms with Gasteiger partial charge in [-0.2, -0.15) is 0 Å². The van der Waals surface area contributed by atoms with Crippen molar-refractivity contribution in [2.75, 3.05) is 31.1 Å². The highest BCUT2D eigenvalue weighted by atomic mass is 19.1. The minimum atomic E-state index is -0.619.